The first-order chi connectivity index (χ1) is 10.2. The molecule has 1 saturated carbocycles. The van der Waals surface area contributed by atoms with Crippen molar-refractivity contribution in [1.29, 1.82) is 0 Å². The third kappa shape index (κ3) is 2.61. The molecule has 0 radical (unpaired) electrons. The van der Waals surface area contributed by atoms with Gasteiger partial charge < -0.3 is 4.74 Å². The summed E-state index contributed by atoms with van der Waals surface area (Å²) in [5.74, 6) is 1.07. The second-order valence-corrected chi connectivity index (χ2v) is 6.72. The zero-order valence-corrected chi connectivity index (χ0v) is 12.6. The van der Waals surface area contributed by atoms with E-state index in [1.54, 1.807) is 12.1 Å². The molecule has 2 aliphatic rings. The van der Waals surface area contributed by atoms with Gasteiger partial charge in [-0.25, -0.2) is 0 Å². The summed E-state index contributed by atoms with van der Waals surface area (Å²) < 4.78 is 5.65. The van der Waals surface area contributed by atoms with Crippen LogP contribution in [0.25, 0.3) is 0 Å². The number of carbonyl (C=O) groups is 1. The van der Waals surface area contributed by atoms with Crippen LogP contribution in [-0.2, 0) is 11.2 Å². The highest BCUT2D eigenvalue weighted by atomic mass is 35.5. The van der Waals surface area contributed by atoms with Crippen molar-refractivity contribution in [2.75, 3.05) is 5.32 Å². The molecule has 2 aromatic rings. The lowest BCUT2D eigenvalue weighted by Gasteiger charge is -2.08. The molecule has 7 heteroatoms. The second kappa shape index (κ2) is 4.96. The maximum Gasteiger partial charge on any atom is 0.267 e. The van der Waals surface area contributed by atoms with E-state index in [0.717, 1.165) is 16.3 Å². The van der Waals surface area contributed by atoms with E-state index in [1.165, 1.54) is 24.2 Å². The summed E-state index contributed by atoms with van der Waals surface area (Å²) in [6, 6.07) is 5.38. The maximum absolute atomic E-state index is 12.2. The molecule has 108 valence electrons. The normalized spacial score (nSPS) is 20.0. The summed E-state index contributed by atoms with van der Waals surface area (Å²) in [5, 5.41) is 13.1. The fourth-order valence-corrected chi connectivity index (χ4v) is 3.44. The van der Waals surface area contributed by atoms with E-state index in [9.17, 15) is 4.79 Å². The molecular formula is C14H12ClN3O2S. The fourth-order valence-electron chi connectivity index (χ4n) is 2.33. The molecule has 4 rings (SSSR count). The number of hydrogen-bond acceptors (Lipinski definition) is 5. The van der Waals surface area contributed by atoms with Crippen molar-refractivity contribution in [3.8, 4) is 5.75 Å². The summed E-state index contributed by atoms with van der Waals surface area (Å²) in [5.41, 5.74) is 0.957. The Bertz CT molecular complexity index is 714. The average Bonchev–Trinajstić information content (AvgIpc) is 3.06. The zero-order chi connectivity index (χ0) is 14.4. The minimum Gasteiger partial charge on any atom is -0.480 e. The fraction of sp³-hybridized carbons (Fsp3) is 0.357. The van der Waals surface area contributed by atoms with E-state index in [0.29, 0.717) is 22.5 Å². The van der Waals surface area contributed by atoms with Crippen molar-refractivity contribution < 1.29 is 9.53 Å². The van der Waals surface area contributed by atoms with Crippen molar-refractivity contribution in [3.63, 3.8) is 0 Å². The van der Waals surface area contributed by atoms with Crippen LogP contribution >= 0.6 is 22.9 Å². The van der Waals surface area contributed by atoms with E-state index >= 15 is 0 Å². The van der Waals surface area contributed by atoms with E-state index in [4.69, 9.17) is 16.3 Å². The number of rotatable bonds is 3. The molecule has 0 bridgehead atoms. The van der Waals surface area contributed by atoms with Gasteiger partial charge in [0.15, 0.2) is 6.10 Å². The van der Waals surface area contributed by atoms with E-state index in [2.05, 4.69) is 15.5 Å². The highest BCUT2D eigenvalue weighted by molar-refractivity contribution is 7.15. The van der Waals surface area contributed by atoms with Gasteiger partial charge in [-0.05, 0) is 36.6 Å². The average molecular weight is 322 g/mol. The highest BCUT2D eigenvalue weighted by Gasteiger charge is 2.31. The van der Waals surface area contributed by atoms with Gasteiger partial charge in [-0.1, -0.05) is 22.9 Å². The highest BCUT2D eigenvalue weighted by Crippen LogP contribution is 2.42. The topological polar surface area (TPSA) is 64.1 Å². The van der Waals surface area contributed by atoms with Crippen LogP contribution in [0, 0.1) is 0 Å². The molecule has 1 atom stereocenters. The smallest absolute Gasteiger partial charge is 0.267 e. The minimum absolute atomic E-state index is 0.194. The number of amides is 1. The first-order valence-electron chi connectivity index (χ1n) is 6.78. The molecule has 1 N–H and O–H groups in total. The van der Waals surface area contributed by atoms with Crippen LogP contribution in [0.2, 0.25) is 5.02 Å². The summed E-state index contributed by atoms with van der Waals surface area (Å²) in [4.78, 5) is 12.2. The van der Waals surface area contributed by atoms with Gasteiger partial charge in [0.25, 0.3) is 5.91 Å². The number of fused-ring (bicyclic) bond motifs is 1. The molecule has 1 aliphatic carbocycles. The lowest BCUT2D eigenvalue weighted by molar-refractivity contribution is -0.122. The Morgan fingerprint density at radius 1 is 1.38 bits per heavy atom. The predicted octanol–water partition coefficient (Wildman–Crippen LogP) is 3.01. The number of anilines is 1. The lowest BCUT2D eigenvalue weighted by Crippen LogP contribution is -2.31. The number of halogens is 1. The first-order valence-corrected chi connectivity index (χ1v) is 7.98. The van der Waals surface area contributed by atoms with E-state index < -0.39 is 6.10 Å². The number of ether oxygens (including phenoxy) is 1. The van der Waals surface area contributed by atoms with Crippen LogP contribution in [0.1, 0.15) is 29.3 Å². The molecule has 2 heterocycles. The molecule has 0 unspecified atom stereocenters. The Labute approximate surface area is 130 Å². The van der Waals surface area contributed by atoms with Crippen molar-refractivity contribution in [2.45, 2.75) is 31.3 Å². The number of aromatic nitrogens is 2. The van der Waals surface area contributed by atoms with E-state index in [-0.39, 0.29) is 5.91 Å². The van der Waals surface area contributed by atoms with Gasteiger partial charge in [0.05, 0.1) is 0 Å². The van der Waals surface area contributed by atoms with Crippen molar-refractivity contribution in [3.05, 3.63) is 33.8 Å². The third-order valence-electron chi connectivity index (χ3n) is 3.59. The van der Waals surface area contributed by atoms with Gasteiger partial charge in [-0.15, -0.1) is 10.2 Å². The standard InChI is InChI=1S/C14H12ClN3O2S/c15-9-3-4-10-8(5-9)6-11(20-10)12(19)16-14-18-17-13(21-14)7-1-2-7/h3-5,7,11H,1-2,6H2,(H,16,18,19)/t11-/m1/s1. The molecule has 1 amide bonds. The summed E-state index contributed by atoms with van der Waals surface area (Å²) in [6.45, 7) is 0. The van der Waals surface area contributed by atoms with Gasteiger partial charge in [0.2, 0.25) is 5.13 Å². The molecule has 1 aliphatic heterocycles. The van der Waals surface area contributed by atoms with Gasteiger partial charge in [-0.3, -0.25) is 10.1 Å². The van der Waals surface area contributed by atoms with Crippen LogP contribution in [-0.4, -0.2) is 22.2 Å². The van der Waals surface area contributed by atoms with Gasteiger partial charge in [-0.2, -0.15) is 0 Å². The molecular weight excluding hydrogens is 310 g/mol. The lowest BCUT2D eigenvalue weighted by atomic mass is 10.1. The molecule has 1 aromatic heterocycles. The molecule has 0 spiro atoms. The van der Waals surface area contributed by atoms with Crippen LogP contribution in [0.5, 0.6) is 5.75 Å². The molecule has 1 aromatic carbocycles. The summed E-state index contributed by atoms with van der Waals surface area (Å²) >= 11 is 7.39. The minimum atomic E-state index is -0.535. The van der Waals surface area contributed by atoms with Gasteiger partial charge in [0, 0.05) is 17.4 Å². The third-order valence-corrected chi connectivity index (χ3v) is 4.82. The Morgan fingerprint density at radius 2 is 2.24 bits per heavy atom. The molecule has 5 nitrogen and oxygen atoms in total. The Balaban J connectivity index is 1.43. The first kappa shape index (κ1) is 13.0. The van der Waals surface area contributed by atoms with Gasteiger partial charge >= 0.3 is 0 Å². The van der Waals surface area contributed by atoms with Crippen molar-refractivity contribution in [2.24, 2.45) is 0 Å². The van der Waals surface area contributed by atoms with Crippen molar-refractivity contribution in [1.82, 2.24) is 10.2 Å². The number of nitrogens with one attached hydrogen (secondary N) is 1. The second-order valence-electron chi connectivity index (χ2n) is 5.27. The molecule has 0 saturated heterocycles. The summed E-state index contributed by atoms with van der Waals surface area (Å²) in [7, 11) is 0. The Morgan fingerprint density at radius 3 is 3.05 bits per heavy atom. The number of benzene rings is 1. The van der Waals surface area contributed by atoms with Gasteiger partial charge in [0.1, 0.15) is 10.8 Å². The Kier molecular flexibility index (Phi) is 3.08. The quantitative estimate of drug-likeness (QED) is 0.943. The SMILES string of the molecule is O=C(Nc1nnc(C2CC2)s1)[C@H]1Cc2cc(Cl)ccc2O1. The molecule has 1 fully saturated rings. The van der Waals surface area contributed by atoms with Crippen molar-refractivity contribution >= 4 is 34.0 Å². The van der Waals surface area contributed by atoms with Crippen LogP contribution in [0.4, 0.5) is 5.13 Å². The summed E-state index contributed by atoms with van der Waals surface area (Å²) in [6.07, 6.45) is 2.33. The maximum atomic E-state index is 12.2. The predicted molar refractivity (Wildman–Crippen MR) is 80.1 cm³/mol. The number of nitrogens with zero attached hydrogens (tertiary/aromatic N) is 2. The van der Waals surface area contributed by atoms with E-state index in [1.807, 2.05) is 6.07 Å². The zero-order valence-electron chi connectivity index (χ0n) is 11.0. The number of hydrogen-bond donors (Lipinski definition) is 1. The monoisotopic (exact) mass is 321 g/mol. The van der Waals surface area contributed by atoms with Crippen LogP contribution in [0.3, 0.4) is 0 Å². The number of carbonyl (C=O) groups excluding carboxylic acids is 1. The van der Waals surface area contributed by atoms with Crippen LogP contribution < -0.4 is 10.1 Å². The molecule has 21 heavy (non-hydrogen) atoms. The Hall–Kier alpha value is -1.66. The van der Waals surface area contributed by atoms with Crippen LogP contribution in [0.15, 0.2) is 18.2 Å². The largest absolute Gasteiger partial charge is 0.480 e.